The van der Waals surface area contributed by atoms with Crippen LogP contribution in [0.3, 0.4) is 0 Å². The average molecular weight is 337 g/mol. The smallest absolute Gasteiger partial charge is 0.226 e. The van der Waals surface area contributed by atoms with Crippen LogP contribution in [0.25, 0.3) is 0 Å². The summed E-state index contributed by atoms with van der Waals surface area (Å²) in [5.41, 5.74) is 2.36. The van der Waals surface area contributed by atoms with Crippen LogP contribution in [-0.2, 0) is 21.2 Å². The van der Waals surface area contributed by atoms with E-state index >= 15 is 0 Å². The second kappa shape index (κ2) is 7.95. The standard InChI is InChI=1S/C18H27NO3S/c1-3-4-11-19(14-17-8-6-5-7-15(17)2)18(20)16-9-12-23(21,22)13-10-16/h5-8,16H,3-4,9-14H2,1-2H3. The number of benzene rings is 1. The number of carbonyl (C=O) groups excluding carboxylic acids is 1. The fourth-order valence-corrected chi connectivity index (χ4v) is 4.50. The molecule has 0 aliphatic carbocycles. The fraction of sp³-hybridized carbons (Fsp3) is 0.611. The lowest BCUT2D eigenvalue weighted by atomic mass is 10.00. The van der Waals surface area contributed by atoms with Gasteiger partial charge >= 0.3 is 0 Å². The molecule has 23 heavy (non-hydrogen) atoms. The average Bonchev–Trinajstić information content (AvgIpc) is 2.52. The number of amides is 1. The highest BCUT2D eigenvalue weighted by molar-refractivity contribution is 7.91. The largest absolute Gasteiger partial charge is 0.338 e. The van der Waals surface area contributed by atoms with E-state index < -0.39 is 9.84 Å². The first kappa shape index (κ1) is 18.0. The summed E-state index contributed by atoms with van der Waals surface area (Å²) in [5, 5.41) is 0. The van der Waals surface area contributed by atoms with Crippen molar-refractivity contribution >= 4 is 15.7 Å². The first-order valence-corrected chi connectivity index (χ1v) is 10.3. The Labute approximate surface area is 139 Å². The molecule has 0 bridgehead atoms. The van der Waals surface area contributed by atoms with Crippen LogP contribution in [-0.4, -0.2) is 37.3 Å². The molecule has 1 aliphatic heterocycles. The van der Waals surface area contributed by atoms with Crippen molar-refractivity contribution in [2.24, 2.45) is 5.92 Å². The molecule has 1 saturated heterocycles. The van der Waals surface area contributed by atoms with E-state index in [1.807, 2.05) is 17.0 Å². The van der Waals surface area contributed by atoms with Gasteiger partial charge in [-0.2, -0.15) is 0 Å². The normalized spacial score (nSPS) is 17.8. The minimum atomic E-state index is -2.93. The lowest BCUT2D eigenvalue weighted by molar-refractivity contribution is -0.136. The van der Waals surface area contributed by atoms with Crippen LogP contribution in [0, 0.1) is 12.8 Å². The van der Waals surface area contributed by atoms with E-state index in [1.54, 1.807) is 0 Å². The Morgan fingerprint density at radius 2 is 1.87 bits per heavy atom. The minimum Gasteiger partial charge on any atom is -0.338 e. The number of aryl methyl sites for hydroxylation is 1. The quantitative estimate of drug-likeness (QED) is 0.802. The highest BCUT2D eigenvalue weighted by atomic mass is 32.2. The Hall–Kier alpha value is -1.36. The van der Waals surface area contributed by atoms with Gasteiger partial charge in [0.25, 0.3) is 0 Å². The second-order valence-corrected chi connectivity index (χ2v) is 8.77. The molecule has 0 unspecified atom stereocenters. The highest BCUT2D eigenvalue weighted by Gasteiger charge is 2.31. The zero-order chi connectivity index (χ0) is 16.9. The molecule has 4 nitrogen and oxygen atoms in total. The molecular weight excluding hydrogens is 310 g/mol. The van der Waals surface area contributed by atoms with Crippen molar-refractivity contribution in [3.63, 3.8) is 0 Å². The van der Waals surface area contributed by atoms with E-state index in [4.69, 9.17) is 0 Å². The Kier molecular flexibility index (Phi) is 6.22. The summed E-state index contributed by atoms with van der Waals surface area (Å²) in [4.78, 5) is 14.8. The number of sulfone groups is 1. The maximum atomic E-state index is 12.9. The highest BCUT2D eigenvalue weighted by Crippen LogP contribution is 2.23. The second-order valence-electron chi connectivity index (χ2n) is 6.47. The molecule has 5 heteroatoms. The van der Waals surface area contributed by atoms with Crippen molar-refractivity contribution in [1.29, 1.82) is 0 Å². The summed E-state index contributed by atoms with van der Waals surface area (Å²) >= 11 is 0. The van der Waals surface area contributed by atoms with E-state index in [0.29, 0.717) is 19.4 Å². The van der Waals surface area contributed by atoms with E-state index in [-0.39, 0.29) is 23.3 Å². The zero-order valence-electron chi connectivity index (χ0n) is 14.1. The van der Waals surface area contributed by atoms with Gasteiger partial charge in [-0.15, -0.1) is 0 Å². The SMILES string of the molecule is CCCCN(Cc1ccccc1C)C(=O)C1CCS(=O)(=O)CC1. The van der Waals surface area contributed by atoms with Crippen molar-refractivity contribution < 1.29 is 13.2 Å². The number of hydrogen-bond donors (Lipinski definition) is 0. The van der Waals surface area contributed by atoms with E-state index in [2.05, 4.69) is 26.0 Å². The molecule has 0 radical (unpaired) electrons. The van der Waals surface area contributed by atoms with Gasteiger partial charge in [-0.1, -0.05) is 37.6 Å². The van der Waals surface area contributed by atoms with Gasteiger partial charge in [0, 0.05) is 19.0 Å². The van der Waals surface area contributed by atoms with Crippen LogP contribution >= 0.6 is 0 Å². The molecule has 1 amide bonds. The Morgan fingerprint density at radius 3 is 2.48 bits per heavy atom. The van der Waals surface area contributed by atoms with Crippen LogP contribution in [0.2, 0.25) is 0 Å². The topological polar surface area (TPSA) is 54.5 Å². The van der Waals surface area contributed by atoms with Gasteiger partial charge in [0.05, 0.1) is 11.5 Å². The molecule has 1 fully saturated rings. The van der Waals surface area contributed by atoms with Crippen LogP contribution in [0.1, 0.15) is 43.7 Å². The van der Waals surface area contributed by atoms with Crippen molar-refractivity contribution in [3.05, 3.63) is 35.4 Å². The number of carbonyl (C=O) groups is 1. The molecule has 1 aromatic rings. The third-order valence-corrected chi connectivity index (χ3v) is 6.34. The number of hydrogen-bond acceptors (Lipinski definition) is 3. The third-order valence-electron chi connectivity index (χ3n) is 4.62. The van der Waals surface area contributed by atoms with Crippen molar-refractivity contribution in [3.8, 4) is 0 Å². The summed E-state index contributed by atoms with van der Waals surface area (Å²) in [6.07, 6.45) is 2.95. The van der Waals surface area contributed by atoms with E-state index in [9.17, 15) is 13.2 Å². The molecule has 128 valence electrons. The van der Waals surface area contributed by atoms with Gasteiger partial charge in [0.15, 0.2) is 0 Å². The Morgan fingerprint density at radius 1 is 1.22 bits per heavy atom. The van der Waals surface area contributed by atoms with Gasteiger partial charge in [-0.25, -0.2) is 8.42 Å². The number of unbranched alkanes of at least 4 members (excludes halogenated alkanes) is 1. The van der Waals surface area contributed by atoms with E-state index in [1.165, 1.54) is 11.1 Å². The Balaban J connectivity index is 2.08. The van der Waals surface area contributed by atoms with Crippen molar-refractivity contribution in [2.75, 3.05) is 18.1 Å². The molecule has 1 aliphatic rings. The predicted octanol–water partition coefficient (Wildman–Crippen LogP) is 2.95. The summed E-state index contributed by atoms with van der Waals surface area (Å²) in [6, 6.07) is 8.12. The maximum absolute atomic E-state index is 12.9. The molecule has 0 N–H and O–H groups in total. The van der Waals surface area contributed by atoms with Gasteiger partial charge < -0.3 is 4.90 Å². The van der Waals surface area contributed by atoms with Gasteiger partial charge in [0.2, 0.25) is 5.91 Å². The molecule has 0 spiro atoms. The lowest BCUT2D eigenvalue weighted by Crippen LogP contribution is -2.40. The van der Waals surface area contributed by atoms with Crippen LogP contribution in [0.15, 0.2) is 24.3 Å². The monoisotopic (exact) mass is 337 g/mol. The van der Waals surface area contributed by atoms with Gasteiger partial charge in [-0.05, 0) is 37.3 Å². The van der Waals surface area contributed by atoms with Crippen LogP contribution in [0.4, 0.5) is 0 Å². The van der Waals surface area contributed by atoms with Crippen LogP contribution < -0.4 is 0 Å². The Bertz CT molecular complexity index is 625. The van der Waals surface area contributed by atoms with Gasteiger partial charge in [0.1, 0.15) is 9.84 Å². The summed E-state index contributed by atoms with van der Waals surface area (Å²) in [5.74, 6) is 0.279. The van der Waals surface area contributed by atoms with E-state index in [0.717, 1.165) is 19.4 Å². The third kappa shape index (κ3) is 5.06. The van der Waals surface area contributed by atoms with Gasteiger partial charge in [-0.3, -0.25) is 4.79 Å². The number of rotatable bonds is 6. The fourth-order valence-electron chi connectivity index (χ4n) is 3.00. The first-order valence-electron chi connectivity index (χ1n) is 8.46. The summed E-state index contributed by atoms with van der Waals surface area (Å²) in [6.45, 7) is 5.54. The summed E-state index contributed by atoms with van der Waals surface area (Å²) < 4.78 is 23.1. The molecule has 1 heterocycles. The predicted molar refractivity (Wildman–Crippen MR) is 92.9 cm³/mol. The van der Waals surface area contributed by atoms with Crippen LogP contribution in [0.5, 0.6) is 0 Å². The summed E-state index contributed by atoms with van der Waals surface area (Å²) in [7, 11) is -2.93. The lowest BCUT2D eigenvalue weighted by Gasteiger charge is -2.30. The zero-order valence-corrected chi connectivity index (χ0v) is 14.9. The van der Waals surface area contributed by atoms with Crippen molar-refractivity contribution in [2.45, 2.75) is 46.1 Å². The molecule has 0 aromatic heterocycles. The molecule has 1 aromatic carbocycles. The number of nitrogens with zero attached hydrogens (tertiary/aromatic N) is 1. The van der Waals surface area contributed by atoms with Crippen molar-refractivity contribution in [1.82, 2.24) is 4.90 Å². The maximum Gasteiger partial charge on any atom is 0.226 e. The first-order chi connectivity index (χ1) is 10.9. The minimum absolute atomic E-state index is 0.122. The molecule has 0 atom stereocenters. The molecule has 0 saturated carbocycles. The molecular formula is C18H27NO3S. The molecule has 2 rings (SSSR count).